The lowest BCUT2D eigenvalue weighted by Crippen LogP contribution is -2.19. The summed E-state index contributed by atoms with van der Waals surface area (Å²) < 4.78 is 22.9. The highest BCUT2D eigenvalue weighted by Crippen LogP contribution is 2.19. The number of rotatable bonds is 4. The van der Waals surface area contributed by atoms with Crippen molar-refractivity contribution in [3.05, 3.63) is 48.2 Å². The van der Waals surface area contributed by atoms with Crippen LogP contribution in [0.5, 0.6) is 0 Å². The van der Waals surface area contributed by atoms with Gasteiger partial charge < -0.3 is 10.2 Å². The Kier molecular flexibility index (Phi) is 4.53. The summed E-state index contributed by atoms with van der Waals surface area (Å²) in [4.78, 5) is 19.0. The molecule has 7 heteroatoms. The predicted octanol–water partition coefficient (Wildman–Crippen LogP) is 2.34. The molecule has 1 fully saturated rings. The standard InChI is InChI=1S/C17H19N3O3S/c1-24(22,23)15-7-4-13(5-8-15)17(21)19-14-6-9-16(18-12-14)20-10-2-3-11-20/h4-9,12H,2-3,10-11H2,1H3,(H,19,21). The third kappa shape index (κ3) is 3.73. The number of benzene rings is 1. The molecule has 0 radical (unpaired) electrons. The van der Waals surface area contributed by atoms with Gasteiger partial charge in [0, 0.05) is 24.9 Å². The van der Waals surface area contributed by atoms with Crippen LogP contribution in [0.4, 0.5) is 11.5 Å². The Bertz CT molecular complexity index is 824. The van der Waals surface area contributed by atoms with Gasteiger partial charge >= 0.3 is 0 Å². The zero-order valence-electron chi connectivity index (χ0n) is 13.4. The van der Waals surface area contributed by atoms with E-state index in [2.05, 4.69) is 15.2 Å². The summed E-state index contributed by atoms with van der Waals surface area (Å²) in [5.74, 6) is 0.619. The van der Waals surface area contributed by atoms with Crippen molar-refractivity contribution >= 4 is 27.2 Å². The third-order valence-corrected chi connectivity index (χ3v) is 5.11. The van der Waals surface area contributed by atoms with Crippen molar-refractivity contribution in [2.75, 3.05) is 29.6 Å². The molecule has 2 aromatic rings. The minimum Gasteiger partial charge on any atom is -0.357 e. The zero-order chi connectivity index (χ0) is 17.2. The molecule has 24 heavy (non-hydrogen) atoms. The molecule has 3 rings (SSSR count). The number of hydrogen-bond acceptors (Lipinski definition) is 5. The van der Waals surface area contributed by atoms with Crippen molar-refractivity contribution in [1.82, 2.24) is 4.98 Å². The molecular formula is C17H19N3O3S. The molecular weight excluding hydrogens is 326 g/mol. The van der Waals surface area contributed by atoms with Crippen LogP contribution in [0.25, 0.3) is 0 Å². The lowest BCUT2D eigenvalue weighted by molar-refractivity contribution is 0.102. The van der Waals surface area contributed by atoms with E-state index in [-0.39, 0.29) is 10.8 Å². The number of aromatic nitrogens is 1. The van der Waals surface area contributed by atoms with Gasteiger partial charge in [-0.15, -0.1) is 0 Å². The van der Waals surface area contributed by atoms with Gasteiger partial charge in [-0.3, -0.25) is 4.79 Å². The molecule has 0 atom stereocenters. The molecule has 0 aliphatic carbocycles. The van der Waals surface area contributed by atoms with Gasteiger partial charge in [0.05, 0.1) is 16.8 Å². The first kappa shape index (κ1) is 16.4. The van der Waals surface area contributed by atoms with E-state index in [1.807, 2.05) is 12.1 Å². The summed E-state index contributed by atoms with van der Waals surface area (Å²) in [5, 5.41) is 2.76. The molecule has 0 saturated carbocycles. The fourth-order valence-corrected chi connectivity index (χ4v) is 3.28. The van der Waals surface area contributed by atoms with E-state index in [0.29, 0.717) is 11.3 Å². The summed E-state index contributed by atoms with van der Waals surface area (Å²) in [6.07, 6.45) is 5.14. The molecule has 126 valence electrons. The molecule has 1 aliphatic rings. The van der Waals surface area contributed by atoms with Crippen LogP contribution in [0.3, 0.4) is 0 Å². The first-order chi connectivity index (χ1) is 11.4. The van der Waals surface area contributed by atoms with E-state index in [0.717, 1.165) is 25.2 Å². The predicted molar refractivity (Wildman–Crippen MR) is 93.2 cm³/mol. The van der Waals surface area contributed by atoms with E-state index in [9.17, 15) is 13.2 Å². The molecule has 2 heterocycles. The Hall–Kier alpha value is -2.41. The molecule has 1 aromatic carbocycles. The van der Waals surface area contributed by atoms with Gasteiger partial charge in [0.15, 0.2) is 9.84 Å². The van der Waals surface area contributed by atoms with Crippen LogP contribution in [0.2, 0.25) is 0 Å². The van der Waals surface area contributed by atoms with Gasteiger partial charge in [0.25, 0.3) is 5.91 Å². The van der Waals surface area contributed by atoms with Gasteiger partial charge in [0.1, 0.15) is 5.82 Å². The highest BCUT2D eigenvalue weighted by atomic mass is 32.2. The molecule has 0 bridgehead atoms. The van der Waals surface area contributed by atoms with Crippen LogP contribution in [0.15, 0.2) is 47.5 Å². The quantitative estimate of drug-likeness (QED) is 0.920. The number of anilines is 2. The number of sulfone groups is 1. The number of nitrogens with one attached hydrogen (secondary N) is 1. The van der Waals surface area contributed by atoms with Gasteiger partial charge in [0.2, 0.25) is 0 Å². The van der Waals surface area contributed by atoms with Crippen LogP contribution in [0, 0.1) is 0 Å². The molecule has 1 aliphatic heterocycles. The average molecular weight is 345 g/mol. The van der Waals surface area contributed by atoms with Crippen LogP contribution in [0.1, 0.15) is 23.2 Å². The van der Waals surface area contributed by atoms with Crippen molar-refractivity contribution in [3.63, 3.8) is 0 Å². The molecule has 1 N–H and O–H groups in total. The molecule has 1 aromatic heterocycles. The normalized spacial score (nSPS) is 14.6. The molecule has 0 spiro atoms. The van der Waals surface area contributed by atoms with Crippen molar-refractivity contribution in [3.8, 4) is 0 Å². The molecule has 6 nitrogen and oxygen atoms in total. The fraction of sp³-hybridized carbons (Fsp3) is 0.294. The lowest BCUT2D eigenvalue weighted by Gasteiger charge is -2.16. The molecule has 0 unspecified atom stereocenters. The van der Waals surface area contributed by atoms with E-state index in [1.165, 1.54) is 37.1 Å². The smallest absolute Gasteiger partial charge is 0.255 e. The number of nitrogens with zero attached hydrogens (tertiary/aromatic N) is 2. The van der Waals surface area contributed by atoms with Gasteiger partial charge in [-0.25, -0.2) is 13.4 Å². The van der Waals surface area contributed by atoms with Crippen LogP contribution >= 0.6 is 0 Å². The molecule has 1 saturated heterocycles. The van der Waals surface area contributed by atoms with Crippen molar-refractivity contribution in [1.29, 1.82) is 0 Å². The van der Waals surface area contributed by atoms with Crippen molar-refractivity contribution in [2.45, 2.75) is 17.7 Å². The number of pyridine rings is 1. The fourth-order valence-electron chi connectivity index (χ4n) is 2.65. The Balaban J connectivity index is 1.68. The van der Waals surface area contributed by atoms with Gasteiger partial charge in [-0.05, 0) is 49.2 Å². The summed E-state index contributed by atoms with van der Waals surface area (Å²) in [5.41, 5.74) is 1.00. The monoisotopic (exact) mass is 345 g/mol. The maximum atomic E-state index is 12.2. The second-order valence-corrected chi connectivity index (χ2v) is 7.87. The first-order valence-corrected chi connectivity index (χ1v) is 9.65. The maximum absolute atomic E-state index is 12.2. The third-order valence-electron chi connectivity index (χ3n) is 3.98. The zero-order valence-corrected chi connectivity index (χ0v) is 14.2. The molecule has 1 amide bonds. The number of carbonyl (C=O) groups excluding carboxylic acids is 1. The topological polar surface area (TPSA) is 79.4 Å². The van der Waals surface area contributed by atoms with E-state index in [4.69, 9.17) is 0 Å². The van der Waals surface area contributed by atoms with Crippen LogP contribution in [-0.2, 0) is 9.84 Å². The summed E-state index contributed by atoms with van der Waals surface area (Å²) in [7, 11) is -3.26. The van der Waals surface area contributed by atoms with Gasteiger partial charge in [-0.1, -0.05) is 0 Å². The Morgan fingerprint density at radius 2 is 1.75 bits per heavy atom. The number of amides is 1. The van der Waals surface area contributed by atoms with Crippen LogP contribution < -0.4 is 10.2 Å². The Morgan fingerprint density at radius 1 is 1.08 bits per heavy atom. The summed E-state index contributed by atoms with van der Waals surface area (Å²) >= 11 is 0. The largest absolute Gasteiger partial charge is 0.357 e. The summed E-state index contributed by atoms with van der Waals surface area (Å²) in [6.45, 7) is 2.04. The van der Waals surface area contributed by atoms with E-state index < -0.39 is 9.84 Å². The SMILES string of the molecule is CS(=O)(=O)c1ccc(C(=O)Nc2ccc(N3CCCC3)nc2)cc1. The highest BCUT2D eigenvalue weighted by Gasteiger charge is 2.14. The minimum absolute atomic E-state index is 0.190. The van der Waals surface area contributed by atoms with Crippen LogP contribution in [-0.4, -0.2) is 38.7 Å². The van der Waals surface area contributed by atoms with Crippen molar-refractivity contribution in [2.24, 2.45) is 0 Å². The second kappa shape index (κ2) is 6.60. The van der Waals surface area contributed by atoms with E-state index in [1.54, 1.807) is 6.20 Å². The lowest BCUT2D eigenvalue weighted by atomic mass is 10.2. The number of carbonyl (C=O) groups is 1. The minimum atomic E-state index is -3.26. The Labute approximate surface area is 141 Å². The first-order valence-electron chi connectivity index (χ1n) is 7.76. The van der Waals surface area contributed by atoms with Gasteiger partial charge in [-0.2, -0.15) is 0 Å². The maximum Gasteiger partial charge on any atom is 0.255 e. The summed E-state index contributed by atoms with van der Waals surface area (Å²) in [6, 6.07) is 9.57. The number of hydrogen-bond donors (Lipinski definition) is 1. The highest BCUT2D eigenvalue weighted by molar-refractivity contribution is 7.90. The second-order valence-electron chi connectivity index (χ2n) is 5.85. The van der Waals surface area contributed by atoms with E-state index >= 15 is 0 Å². The Morgan fingerprint density at radius 3 is 2.29 bits per heavy atom. The van der Waals surface area contributed by atoms with Crippen molar-refractivity contribution < 1.29 is 13.2 Å². The average Bonchev–Trinajstić information content (AvgIpc) is 3.09.